The maximum atomic E-state index is 5.69. The van der Waals surface area contributed by atoms with Crippen molar-refractivity contribution in [3.8, 4) is 0 Å². The fourth-order valence-corrected chi connectivity index (χ4v) is 2.18. The van der Waals surface area contributed by atoms with E-state index in [1.54, 1.807) is 6.20 Å². The quantitative estimate of drug-likeness (QED) is 0.840. The molecule has 5 heteroatoms. The van der Waals surface area contributed by atoms with Crippen molar-refractivity contribution in [1.29, 1.82) is 0 Å². The Bertz CT molecular complexity index is 396. The molecule has 5 nitrogen and oxygen atoms in total. The lowest BCUT2D eigenvalue weighted by Crippen LogP contribution is -2.49. The van der Waals surface area contributed by atoms with E-state index in [-0.39, 0.29) is 6.10 Å². The van der Waals surface area contributed by atoms with Crippen molar-refractivity contribution in [3.05, 3.63) is 11.8 Å². The molecule has 2 heterocycles. The second kappa shape index (κ2) is 4.87. The molecule has 2 N–H and O–H groups in total. The molecule has 2 unspecified atom stereocenters. The van der Waals surface area contributed by atoms with Gasteiger partial charge in [0, 0.05) is 18.3 Å². The highest BCUT2D eigenvalue weighted by atomic mass is 16.5. The van der Waals surface area contributed by atoms with Crippen LogP contribution in [0.25, 0.3) is 0 Å². The molecule has 0 aromatic carbocycles. The lowest BCUT2D eigenvalue weighted by Gasteiger charge is -2.39. The van der Waals surface area contributed by atoms with Gasteiger partial charge in [0.25, 0.3) is 0 Å². The van der Waals surface area contributed by atoms with Crippen LogP contribution in [0.1, 0.15) is 25.8 Å². The highest BCUT2D eigenvalue weighted by Gasteiger charge is 2.27. The standard InChI is InChI=1S/C12H20N4O/c1-4-10-7-17-9(3)6-16(10)11-8(2)5-14-12(13)15-11/h5,9-10H,4,6-7H2,1-3H3,(H2,13,14,15). The third-order valence-corrected chi connectivity index (χ3v) is 3.17. The molecule has 0 bridgehead atoms. The van der Waals surface area contributed by atoms with Crippen LogP contribution in [0.4, 0.5) is 11.8 Å². The maximum Gasteiger partial charge on any atom is 0.221 e. The number of rotatable bonds is 2. The molecule has 0 saturated carbocycles. The molecule has 1 fully saturated rings. The fraction of sp³-hybridized carbons (Fsp3) is 0.667. The van der Waals surface area contributed by atoms with Gasteiger partial charge in [-0.1, -0.05) is 6.92 Å². The highest BCUT2D eigenvalue weighted by molar-refractivity contribution is 5.49. The normalized spacial score (nSPS) is 25.0. The summed E-state index contributed by atoms with van der Waals surface area (Å²) in [6.07, 6.45) is 3.05. The van der Waals surface area contributed by atoms with Crippen LogP contribution in [0.5, 0.6) is 0 Å². The third kappa shape index (κ3) is 2.49. The van der Waals surface area contributed by atoms with E-state index in [2.05, 4.69) is 28.7 Å². The minimum absolute atomic E-state index is 0.230. The zero-order valence-electron chi connectivity index (χ0n) is 10.7. The summed E-state index contributed by atoms with van der Waals surface area (Å²) in [6, 6.07) is 0.374. The number of ether oxygens (including phenoxy) is 1. The number of nitrogen functional groups attached to an aromatic ring is 1. The van der Waals surface area contributed by atoms with Crippen molar-refractivity contribution in [2.75, 3.05) is 23.8 Å². The second-order valence-electron chi connectivity index (χ2n) is 4.59. The van der Waals surface area contributed by atoms with Gasteiger partial charge in [-0.25, -0.2) is 4.98 Å². The zero-order valence-corrected chi connectivity index (χ0v) is 10.7. The predicted octanol–water partition coefficient (Wildman–Crippen LogP) is 1.37. The molecular formula is C12H20N4O. The predicted molar refractivity (Wildman–Crippen MR) is 68.0 cm³/mol. The summed E-state index contributed by atoms with van der Waals surface area (Å²) >= 11 is 0. The van der Waals surface area contributed by atoms with Crippen molar-refractivity contribution in [2.45, 2.75) is 39.3 Å². The SMILES string of the molecule is CCC1COC(C)CN1c1nc(N)ncc1C. The number of anilines is 2. The highest BCUT2D eigenvalue weighted by Crippen LogP contribution is 2.24. The van der Waals surface area contributed by atoms with Crippen LogP contribution in [0.3, 0.4) is 0 Å². The van der Waals surface area contributed by atoms with Gasteiger partial charge in [0.05, 0.1) is 18.8 Å². The molecule has 1 saturated heterocycles. The Kier molecular flexibility index (Phi) is 3.47. The number of nitrogens with two attached hydrogens (primary N) is 1. The number of nitrogens with zero attached hydrogens (tertiary/aromatic N) is 3. The van der Waals surface area contributed by atoms with Crippen molar-refractivity contribution >= 4 is 11.8 Å². The van der Waals surface area contributed by atoms with Gasteiger partial charge in [-0.3, -0.25) is 0 Å². The third-order valence-electron chi connectivity index (χ3n) is 3.17. The minimum Gasteiger partial charge on any atom is -0.375 e. The number of hydrogen-bond donors (Lipinski definition) is 1. The Morgan fingerprint density at radius 1 is 1.59 bits per heavy atom. The van der Waals surface area contributed by atoms with E-state index in [4.69, 9.17) is 10.5 Å². The zero-order chi connectivity index (χ0) is 12.4. The first kappa shape index (κ1) is 12.1. The Morgan fingerprint density at radius 2 is 2.35 bits per heavy atom. The number of aromatic nitrogens is 2. The van der Waals surface area contributed by atoms with Crippen LogP contribution in [0.15, 0.2) is 6.20 Å². The van der Waals surface area contributed by atoms with Crippen molar-refractivity contribution in [1.82, 2.24) is 9.97 Å². The topological polar surface area (TPSA) is 64.3 Å². The van der Waals surface area contributed by atoms with Crippen LogP contribution in [-0.4, -0.2) is 35.3 Å². The molecule has 0 radical (unpaired) electrons. The van der Waals surface area contributed by atoms with Gasteiger partial charge in [0.2, 0.25) is 5.95 Å². The summed E-state index contributed by atoms with van der Waals surface area (Å²) < 4.78 is 5.69. The van der Waals surface area contributed by atoms with Gasteiger partial charge in [0.1, 0.15) is 5.82 Å². The number of morpholine rings is 1. The fourth-order valence-electron chi connectivity index (χ4n) is 2.18. The van der Waals surface area contributed by atoms with Gasteiger partial charge in [-0.05, 0) is 20.3 Å². The van der Waals surface area contributed by atoms with Crippen molar-refractivity contribution < 1.29 is 4.74 Å². The number of aryl methyl sites for hydroxylation is 1. The average Bonchev–Trinajstić information content (AvgIpc) is 2.32. The first-order valence-corrected chi connectivity index (χ1v) is 6.09. The minimum atomic E-state index is 0.230. The van der Waals surface area contributed by atoms with Crippen molar-refractivity contribution in [3.63, 3.8) is 0 Å². The van der Waals surface area contributed by atoms with E-state index >= 15 is 0 Å². The molecule has 0 aliphatic carbocycles. The Morgan fingerprint density at radius 3 is 3.06 bits per heavy atom. The number of hydrogen-bond acceptors (Lipinski definition) is 5. The summed E-state index contributed by atoms with van der Waals surface area (Å²) in [6.45, 7) is 7.87. The van der Waals surface area contributed by atoms with Gasteiger partial charge in [0.15, 0.2) is 0 Å². The van der Waals surface area contributed by atoms with E-state index < -0.39 is 0 Å². The first-order valence-electron chi connectivity index (χ1n) is 6.09. The van der Waals surface area contributed by atoms with E-state index in [0.29, 0.717) is 12.0 Å². The molecule has 1 aromatic heterocycles. The Hall–Kier alpha value is -1.36. The first-order chi connectivity index (χ1) is 8.11. The molecule has 1 aromatic rings. The average molecular weight is 236 g/mol. The molecule has 0 amide bonds. The van der Waals surface area contributed by atoms with Gasteiger partial charge in [-0.2, -0.15) is 4.98 Å². The van der Waals surface area contributed by atoms with Crippen LogP contribution in [0.2, 0.25) is 0 Å². The molecular weight excluding hydrogens is 216 g/mol. The van der Waals surface area contributed by atoms with Crippen LogP contribution in [-0.2, 0) is 4.74 Å². The van der Waals surface area contributed by atoms with Crippen LogP contribution < -0.4 is 10.6 Å². The lowest BCUT2D eigenvalue weighted by molar-refractivity contribution is 0.0296. The van der Waals surface area contributed by atoms with Crippen LogP contribution in [0, 0.1) is 6.92 Å². The Labute approximate surface area is 102 Å². The smallest absolute Gasteiger partial charge is 0.221 e. The summed E-state index contributed by atoms with van der Waals surface area (Å²) in [5.41, 5.74) is 6.74. The molecule has 1 aliphatic heterocycles. The van der Waals surface area contributed by atoms with E-state index in [1.165, 1.54) is 0 Å². The molecule has 2 rings (SSSR count). The van der Waals surface area contributed by atoms with Gasteiger partial charge < -0.3 is 15.4 Å². The summed E-state index contributed by atoms with van der Waals surface area (Å²) in [4.78, 5) is 10.7. The Balaban J connectivity index is 2.31. The summed E-state index contributed by atoms with van der Waals surface area (Å²) in [5, 5.41) is 0. The van der Waals surface area contributed by atoms with Crippen LogP contribution >= 0.6 is 0 Å². The van der Waals surface area contributed by atoms with E-state index in [1.807, 2.05) is 6.92 Å². The lowest BCUT2D eigenvalue weighted by atomic mass is 10.1. The van der Waals surface area contributed by atoms with Gasteiger partial charge in [-0.15, -0.1) is 0 Å². The van der Waals surface area contributed by atoms with E-state index in [9.17, 15) is 0 Å². The monoisotopic (exact) mass is 236 g/mol. The molecule has 0 spiro atoms. The van der Waals surface area contributed by atoms with Gasteiger partial charge >= 0.3 is 0 Å². The molecule has 94 valence electrons. The van der Waals surface area contributed by atoms with Crippen molar-refractivity contribution in [2.24, 2.45) is 0 Å². The van der Waals surface area contributed by atoms with E-state index in [0.717, 1.165) is 31.0 Å². The molecule has 17 heavy (non-hydrogen) atoms. The summed E-state index contributed by atoms with van der Waals surface area (Å²) in [7, 11) is 0. The second-order valence-corrected chi connectivity index (χ2v) is 4.59. The molecule has 2 atom stereocenters. The maximum absolute atomic E-state index is 5.69. The molecule has 1 aliphatic rings. The largest absolute Gasteiger partial charge is 0.375 e. The summed E-state index contributed by atoms with van der Waals surface area (Å²) in [5.74, 6) is 1.28.